The van der Waals surface area contributed by atoms with Crippen molar-refractivity contribution in [1.29, 1.82) is 0 Å². The van der Waals surface area contributed by atoms with Crippen molar-refractivity contribution in [1.82, 2.24) is 5.32 Å². The van der Waals surface area contributed by atoms with E-state index in [2.05, 4.69) is 5.32 Å². The summed E-state index contributed by atoms with van der Waals surface area (Å²) in [5.41, 5.74) is 0.395. The van der Waals surface area contributed by atoms with Crippen molar-refractivity contribution in [2.45, 2.75) is 0 Å². The summed E-state index contributed by atoms with van der Waals surface area (Å²) in [5.74, 6) is -1.83. The Bertz CT molecular complexity index is 931. The van der Waals surface area contributed by atoms with Crippen LogP contribution in [0.5, 0.6) is 0 Å². The molecule has 1 saturated heterocycles. The molecule has 0 aromatic heterocycles. The molecular formula is C17H9ClFIN2O2S. The van der Waals surface area contributed by atoms with Crippen molar-refractivity contribution in [2.24, 2.45) is 0 Å². The first-order valence-electron chi connectivity index (χ1n) is 6.99. The molecule has 0 spiro atoms. The number of anilines is 1. The Morgan fingerprint density at radius 3 is 2.52 bits per heavy atom. The van der Waals surface area contributed by atoms with Crippen LogP contribution in [-0.2, 0) is 9.59 Å². The predicted molar refractivity (Wildman–Crippen MR) is 107 cm³/mol. The van der Waals surface area contributed by atoms with Crippen molar-refractivity contribution in [3.05, 3.63) is 68.0 Å². The van der Waals surface area contributed by atoms with Crippen LogP contribution in [0.2, 0.25) is 5.02 Å². The van der Waals surface area contributed by atoms with Crippen molar-refractivity contribution < 1.29 is 14.0 Å². The Balaban J connectivity index is 2.05. The summed E-state index contributed by atoms with van der Waals surface area (Å²) in [4.78, 5) is 26.1. The molecule has 1 N–H and O–H groups in total. The Morgan fingerprint density at radius 2 is 1.84 bits per heavy atom. The molecule has 0 atom stereocenters. The number of carbonyl (C=O) groups excluding carboxylic acids is 2. The molecule has 2 aromatic carbocycles. The third-order valence-electron chi connectivity index (χ3n) is 3.44. The van der Waals surface area contributed by atoms with Gasteiger partial charge in [-0.2, -0.15) is 0 Å². The molecule has 0 radical (unpaired) electrons. The molecule has 1 heterocycles. The number of hydrogen-bond acceptors (Lipinski definition) is 3. The maximum absolute atomic E-state index is 14.0. The highest BCUT2D eigenvalue weighted by atomic mass is 127. The molecule has 0 saturated carbocycles. The third-order valence-corrected chi connectivity index (χ3v) is 4.65. The second-order valence-electron chi connectivity index (χ2n) is 5.10. The van der Waals surface area contributed by atoms with E-state index in [-0.39, 0.29) is 16.2 Å². The molecule has 0 bridgehead atoms. The van der Waals surface area contributed by atoms with Gasteiger partial charge in [0, 0.05) is 14.2 Å². The number of halogens is 3. The third kappa shape index (κ3) is 3.73. The van der Waals surface area contributed by atoms with Crippen molar-refractivity contribution in [2.75, 3.05) is 4.90 Å². The fourth-order valence-corrected chi connectivity index (χ4v) is 3.19. The van der Waals surface area contributed by atoms with Crippen molar-refractivity contribution >= 4 is 75.1 Å². The van der Waals surface area contributed by atoms with E-state index in [1.165, 1.54) is 17.0 Å². The quantitative estimate of drug-likeness (QED) is 0.303. The Hall–Kier alpha value is -1.84. The van der Waals surface area contributed by atoms with E-state index in [1.807, 2.05) is 22.6 Å². The Morgan fingerprint density at radius 1 is 1.16 bits per heavy atom. The van der Waals surface area contributed by atoms with Crippen LogP contribution < -0.4 is 10.2 Å². The van der Waals surface area contributed by atoms with Gasteiger partial charge in [-0.15, -0.1) is 0 Å². The molecule has 1 aliphatic rings. The SMILES string of the molecule is O=C1NC(=S)N(c2ccc(Cl)cc2)C(=O)C1=Cc1cc(I)ccc1F. The molecular weight excluding hydrogens is 478 g/mol. The van der Waals surface area contributed by atoms with Crippen LogP contribution in [0.1, 0.15) is 5.56 Å². The van der Waals surface area contributed by atoms with E-state index in [4.69, 9.17) is 23.8 Å². The molecule has 2 aromatic rings. The van der Waals surface area contributed by atoms with E-state index < -0.39 is 17.6 Å². The summed E-state index contributed by atoms with van der Waals surface area (Å²) < 4.78 is 14.8. The first-order chi connectivity index (χ1) is 11.9. The lowest BCUT2D eigenvalue weighted by atomic mass is 10.1. The van der Waals surface area contributed by atoms with Gasteiger partial charge in [0.2, 0.25) is 0 Å². The number of hydrogen-bond donors (Lipinski definition) is 1. The van der Waals surface area contributed by atoms with Crippen LogP contribution in [0, 0.1) is 9.39 Å². The van der Waals surface area contributed by atoms with Gasteiger partial charge in [0.15, 0.2) is 5.11 Å². The lowest BCUT2D eigenvalue weighted by molar-refractivity contribution is -0.122. The zero-order valence-electron chi connectivity index (χ0n) is 12.4. The van der Waals surface area contributed by atoms with E-state index in [0.717, 1.165) is 3.57 Å². The number of nitrogens with one attached hydrogen (secondary N) is 1. The van der Waals surface area contributed by atoms with Crippen LogP contribution >= 0.6 is 46.4 Å². The van der Waals surface area contributed by atoms with Gasteiger partial charge in [0.05, 0.1) is 5.69 Å². The average Bonchev–Trinajstić information content (AvgIpc) is 2.56. The molecule has 25 heavy (non-hydrogen) atoms. The maximum atomic E-state index is 14.0. The Kier molecular flexibility index (Phi) is 5.16. The second kappa shape index (κ2) is 7.19. The summed E-state index contributed by atoms with van der Waals surface area (Å²) in [6.07, 6.45) is 1.22. The molecule has 1 aliphatic heterocycles. The minimum absolute atomic E-state index is 0.0439. The van der Waals surface area contributed by atoms with Gasteiger partial charge in [-0.05, 0) is 83.3 Å². The van der Waals surface area contributed by atoms with Gasteiger partial charge >= 0.3 is 0 Å². The molecule has 2 amide bonds. The molecule has 0 unspecified atom stereocenters. The summed E-state index contributed by atoms with van der Waals surface area (Å²) in [6, 6.07) is 10.8. The molecule has 3 rings (SSSR count). The highest BCUT2D eigenvalue weighted by Crippen LogP contribution is 2.24. The van der Waals surface area contributed by atoms with Crippen LogP contribution in [-0.4, -0.2) is 16.9 Å². The first kappa shape index (κ1) is 18.0. The van der Waals surface area contributed by atoms with Crippen LogP contribution in [0.4, 0.5) is 10.1 Å². The lowest BCUT2D eigenvalue weighted by Gasteiger charge is -2.29. The van der Waals surface area contributed by atoms with Gasteiger partial charge in [-0.1, -0.05) is 11.6 Å². The molecule has 1 fully saturated rings. The monoisotopic (exact) mass is 486 g/mol. The van der Waals surface area contributed by atoms with Crippen LogP contribution in [0.3, 0.4) is 0 Å². The van der Waals surface area contributed by atoms with Crippen molar-refractivity contribution in [3.63, 3.8) is 0 Å². The van der Waals surface area contributed by atoms with E-state index in [9.17, 15) is 14.0 Å². The summed E-state index contributed by atoms with van der Waals surface area (Å²) >= 11 is 13.0. The van der Waals surface area contributed by atoms with Crippen molar-refractivity contribution in [3.8, 4) is 0 Å². The Labute approximate surface area is 166 Å². The van der Waals surface area contributed by atoms with Gasteiger partial charge in [0.25, 0.3) is 11.8 Å². The van der Waals surface area contributed by atoms with Gasteiger partial charge in [-0.25, -0.2) is 4.39 Å². The fourth-order valence-electron chi connectivity index (χ4n) is 2.26. The minimum Gasteiger partial charge on any atom is -0.298 e. The number of rotatable bonds is 2. The lowest BCUT2D eigenvalue weighted by Crippen LogP contribution is -2.54. The van der Waals surface area contributed by atoms with E-state index in [1.54, 1.807) is 36.4 Å². The average molecular weight is 487 g/mol. The van der Waals surface area contributed by atoms with Gasteiger partial charge < -0.3 is 0 Å². The summed E-state index contributed by atoms with van der Waals surface area (Å²) in [6.45, 7) is 0. The number of amides is 2. The standard InChI is InChI=1S/C17H9ClFIN2O2S/c18-10-1-4-12(5-2-10)22-16(24)13(15(23)21-17(22)25)8-9-7-11(20)3-6-14(9)19/h1-8H,(H,21,23,25). The minimum atomic E-state index is -0.668. The zero-order valence-corrected chi connectivity index (χ0v) is 16.2. The number of benzene rings is 2. The number of nitrogens with zero attached hydrogens (tertiary/aromatic N) is 1. The second-order valence-corrected chi connectivity index (χ2v) is 7.17. The molecule has 4 nitrogen and oxygen atoms in total. The van der Waals surface area contributed by atoms with Gasteiger partial charge in [0.1, 0.15) is 11.4 Å². The predicted octanol–water partition coefficient (Wildman–Crippen LogP) is 3.92. The molecule has 0 aliphatic carbocycles. The largest absolute Gasteiger partial charge is 0.298 e. The van der Waals surface area contributed by atoms with E-state index in [0.29, 0.717) is 10.7 Å². The van der Waals surface area contributed by atoms with Gasteiger partial charge in [-0.3, -0.25) is 19.8 Å². The number of carbonyl (C=O) groups is 2. The molecule has 8 heteroatoms. The van der Waals surface area contributed by atoms with E-state index >= 15 is 0 Å². The topological polar surface area (TPSA) is 49.4 Å². The normalized spacial score (nSPS) is 16.4. The fraction of sp³-hybridized carbons (Fsp3) is 0. The highest BCUT2D eigenvalue weighted by Gasteiger charge is 2.34. The van der Waals surface area contributed by atoms with Crippen LogP contribution in [0.25, 0.3) is 6.08 Å². The first-order valence-corrected chi connectivity index (χ1v) is 8.85. The van der Waals surface area contributed by atoms with Crippen LogP contribution in [0.15, 0.2) is 48.0 Å². The summed E-state index contributed by atoms with van der Waals surface area (Å²) in [7, 11) is 0. The maximum Gasteiger partial charge on any atom is 0.270 e. The summed E-state index contributed by atoms with van der Waals surface area (Å²) in [5, 5.41) is 2.91. The number of thiocarbonyl (C=S) groups is 1. The smallest absolute Gasteiger partial charge is 0.270 e. The molecule has 126 valence electrons. The highest BCUT2D eigenvalue weighted by molar-refractivity contribution is 14.1. The zero-order chi connectivity index (χ0) is 18.1.